The van der Waals surface area contributed by atoms with E-state index in [1.165, 1.54) is 31.6 Å². The van der Waals surface area contributed by atoms with E-state index in [1.54, 1.807) is 48.5 Å². The van der Waals surface area contributed by atoms with Gasteiger partial charge in [0.25, 0.3) is 0 Å². The van der Waals surface area contributed by atoms with Gasteiger partial charge in [-0.2, -0.15) is 0 Å². The Kier molecular flexibility index (Phi) is 7.11. The molecule has 0 saturated carbocycles. The Labute approximate surface area is 200 Å². The summed E-state index contributed by atoms with van der Waals surface area (Å²) in [6, 6.07) is 17.3. The molecule has 178 valence electrons. The lowest BCUT2D eigenvalue weighted by Crippen LogP contribution is -2.09. The van der Waals surface area contributed by atoms with Crippen molar-refractivity contribution >= 4 is 22.9 Å². The molecule has 0 fully saturated rings. The fraction of sp³-hybridized carbons (Fsp3) is 0.148. The van der Waals surface area contributed by atoms with Gasteiger partial charge in [0.15, 0.2) is 0 Å². The van der Waals surface area contributed by atoms with E-state index >= 15 is 0 Å². The number of fused-ring (bicyclic) bond motifs is 1. The highest BCUT2D eigenvalue weighted by Gasteiger charge is 2.14. The minimum atomic E-state index is -0.576. The van der Waals surface area contributed by atoms with E-state index in [4.69, 9.17) is 23.4 Å². The first-order chi connectivity index (χ1) is 17.0. The first-order valence-corrected chi connectivity index (χ1v) is 10.9. The van der Waals surface area contributed by atoms with Crippen molar-refractivity contribution in [3.8, 4) is 23.0 Å². The van der Waals surface area contributed by atoms with Crippen molar-refractivity contribution in [1.29, 1.82) is 0 Å². The molecule has 1 heterocycles. The number of carbonyl (C=O) groups is 2. The van der Waals surface area contributed by atoms with Gasteiger partial charge in [-0.3, -0.25) is 4.79 Å². The molecule has 0 saturated heterocycles. The van der Waals surface area contributed by atoms with Crippen LogP contribution in [0.15, 0.2) is 82.2 Å². The maximum Gasteiger partial charge on any atom is 0.343 e. The predicted octanol–water partition coefficient (Wildman–Crippen LogP) is 5.38. The lowest BCUT2D eigenvalue weighted by atomic mass is 10.2. The van der Waals surface area contributed by atoms with Crippen LogP contribution in [0.1, 0.15) is 34.1 Å². The van der Waals surface area contributed by atoms with Gasteiger partial charge in [-0.15, -0.1) is 0 Å². The number of esters is 2. The van der Waals surface area contributed by atoms with Crippen molar-refractivity contribution in [3.63, 3.8) is 0 Å². The topological polar surface area (TPSA) is 101 Å². The van der Waals surface area contributed by atoms with Gasteiger partial charge in [-0.05, 0) is 61.0 Å². The minimum Gasteiger partial charge on any atom is -0.497 e. The van der Waals surface area contributed by atoms with Crippen LogP contribution in [0.3, 0.4) is 0 Å². The second-order valence-corrected chi connectivity index (χ2v) is 7.47. The molecule has 4 rings (SSSR count). The van der Waals surface area contributed by atoms with E-state index in [1.807, 2.05) is 6.92 Å². The molecule has 35 heavy (non-hydrogen) atoms. The third-order valence-corrected chi connectivity index (χ3v) is 4.99. The molecule has 0 atom stereocenters. The average Bonchev–Trinajstić information content (AvgIpc) is 2.89. The van der Waals surface area contributed by atoms with E-state index in [2.05, 4.69) is 0 Å². The van der Waals surface area contributed by atoms with E-state index in [0.29, 0.717) is 29.2 Å². The summed E-state index contributed by atoms with van der Waals surface area (Å²) >= 11 is 0. The molecule has 0 unspecified atom stereocenters. The number of methoxy groups -OCH3 is 1. The lowest BCUT2D eigenvalue weighted by Gasteiger charge is -2.08. The minimum absolute atomic E-state index is 0.0278. The number of rotatable bonds is 8. The summed E-state index contributed by atoms with van der Waals surface area (Å²) in [6.45, 7) is 2.26. The van der Waals surface area contributed by atoms with Gasteiger partial charge >= 0.3 is 11.9 Å². The van der Waals surface area contributed by atoms with Crippen LogP contribution in [0.2, 0.25) is 0 Å². The van der Waals surface area contributed by atoms with E-state index < -0.39 is 17.4 Å². The summed E-state index contributed by atoms with van der Waals surface area (Å²) in [5.74, 6) is 0.0711. The van der Waals surface area contributed by atoms with Gasteiger partial charge in [-0.25, -0.2) is 9.59 Å². The standard InChI is InChI=1S/C27H22O8/c1-3-13-32-26(29)17-7-9-19(10-8-17)34-24-16-33-23-15-21(11-12-22(23)25(24)28)35-27(30)18-5-4-6-20(14-18)31-2/h4-12,14-16H,3,13H2,1-2H3. The van der Waals surface area contributed by atoms with Crippen molar-refractivity contribution in [3.05, 3.63) is 94.3 Å². The summed E-state index contributed by atoms with van der Waals surface area (Å²) in [4.78, 5) is 37.2. The van der Waals surface area contributed by atoms with Crippen molar-refractivity contribution in [2.45, 2.75) is 13.3 Å². The van der Waals surface area contributed by atoms with Crippen molar-refractivity contribution in [2.75, 3.05) is 13.7 Å². The second-order valence-electron chi connectivity index (χ2n) is 7.47. The van der Waals surface area contributed by atoms with Gasteiger partial charge in [0.05, 0.1) is 30.2 Å². The number of hydrogen-bond donors (Lipinski definition) is 0. The Bertz CT molecular complexity index is 1420. The summed E-state index contributed by atoms with van der Waals surface area (Å²) in [5, 5.41) is 0.253. The predicted molar refractivity (Wildman–Crippen MR) is 128 cm³/mol. The van der Waals surface area contributed by atoms with Gasteiger partial charge in [0.1, 0.15) is 29.1 Å². The zero-order chi connectivity index (χ0) is 24.8. The first-order valence-electron chi connectivity index (χ1n) is 10.9. The molecule has 0 bridgehead atoms. The monoisotopic (exact) mass is 474 g/mol. The number of benzene rings is 3. The third kappa shape index (κ3) is 5.50. The smallest absolute Gasteiger partial charge is 0.343 e. The molecule has 0 aliphatic carbocycles. The largest absolute Gasteiger partial charge is 0.497 e. The maximum absolute atomic E-state index is 12.9. The molecule has 0 aliphatic heterocycles. The van der Waals surface area contributed by atoms with E-state index in [9.17, 15) is 14.4 Å². The molecule has 0 spiro atoms. The Morgan fingerprint density at radius 1 is 0.857 bits per heavy atom. The molecule has 1 aromatic heterocycles. The van der Waals surface area contributed by atoms with Crippen LogP contribution in [-0.4, -0.2) is 25.7 Å². The zero-order valence-corrected chi connectivity index (χ0v) is 19.1. The highest BCUT2D eigenvalue weighted by atomic mass is 16.5. The lowest BCUT2D eigenvalue weighted by molar-refractivity contribution is 0.0504. The van der Waals surface area contributed by atoms with Crippen LogP contribution in [-0.2, 0) is 4.74 Å². The SMILES string of the molecule is CCCOC(=O)c1ccc(Oc2coc3cc(OC(=O)c4cccc(OC)c4)ccc3c2=O)cc1. The molecule has 0 radical (unpaired) electrons. The van der Waals surface area contributed by atoms with E-state index in [-0.39, 0.29) is 22.5 Å². The highest BCUT2D eigenvalue weighted by molar-refractivity contribution is 5.92. The number of carbonyl (C=O) groups excluding carboxylic acids is 2. The molecular weight excluding hydrogens is 452 g/mol. The Morgan fingerprint density at radius 3 is 2.37 bits per heavy atom. The molecular formula is C27H22O8. The van der Waals surface area contributed by atoms with Crippen molar-refractivity contribution < 1.29 is 33.0 Å². The van der Waals surface area contributed by atoms with Gasteiger partial charge in [-0.1, -0.05) is 13.0 Å². The van der Waals surface area contributed by atoms with Crippen LogP contribution < -0.4 is 19.6 Å². The highest BCUT2D eigenvalue weighted by Crippen LogP contribution is 2.25. The quantitative estimate of drug-likeness (QED) is 0.248. The van der Waals surface area contributed by atoms with E-state index in [0.717, 1.165) is 6.42 Å². The summed E-state index contributed by atoms with van der Waals surface area (Å²) in [6.07, 6.45) is 1.92. The van der Waals surface area contributed by atoms with Crippen LogP contribution in [0, 0.1) is 0 Å². The normalized spacial score (nSPS) is 10.6. The molecule has 0 N–H and O–H groups in total. The maximum atomic E-state index is 12.9. The van der Waals surface area contributed by atoms with Gasteiger partial charge < -0.3 is 23.4 Å². The average molecular weight is 474 g/mol. The molecule has 8 nitrogen and oxygen atoms in total. The Morgan fingerprint density at radius 2 is 1.63 bits per heavy atom. The molecule has 0 aliphatic rings. The molecule has 3 aromatic carbocycles. The summed E-state index contributed by atoms with van der Waals surface area (Å²) < 4.78 is 26.8. The number of ether oxygens (including phenoxy) is 4. The zero-order valence-electron chi connectivity index (χ0n) is 19.1. The Balaban J connectivity index is 1.49. The second kappa shape index (κ2) is 10.6. The van der Waals surface area contributed by atoms with Gasteiger partial charge in [0.2, 0.25) is 11.2 Å². The van der Waals surface area contributed by atoms with Gasteiger partial charge in [0, 0.05) is 6.07 Å². The van der Waals surface area contributed by atoms with Crippen LogP contribution in [0.4, 0.5) is 0 Å². The fourth-order valence-corrected chi connectivity index (χ4v) is 3.21. The molecule has 4 aromatic rings. The van der Waals surface area contributed by atoms with Crippen LogP contribution in [0.25, 0.3) is 11.0 Å². The van der Waals surface area contributed by atoms with Crippen LogP contribution >= 0.6 is 0 Å². The third-order valence-electron chi connectivity index (χ3n) is 4.99. The van der Waals surface area contributed by atoms with Crippen molar-refractivity contribution in [2.24, 2.45) is 0 Å². The molecule has 8 heteroatoms. The number of hydrogen-bond acceptors (Lipinski definition) is 8. The fourth-order valence-electron chi connectivity index (χ4n) is 3.21. The summed E-state index contributed by atoms with van der Waals surface area (Å²) in [7, 11) is 1.51. The first kappa shape index (κ1) is 23.6. The molecule has 0 amide bonds. The summed E-state index contributed by atoms with van der Waals surface area (Å²) in [5.41, 5.74) is 0.530. The Hall–Kier alpha value is -4.59. The van der Waals surface area contributed by atoms with Crippen molar-refractivity contribution in [1.82, 2.24) is 0 Å². The van der Waals surface area contributed by atoms with Crippen LogP contribution in [0.5, 0.6) is 23.0 Å².